The van der Waals surface area contributed by atoms with Crippen molar-refractivity contribution in [2.24, 2.45) is 96.6 Å². The first-order valence-electron chi connectivity index (χ1n) is 26.7. The monoisotopic (exact) mass is 862 g/mol. The minimum Gasteiger partial charge on any atom is -0.462 e. The van der Waals surface area contributed by atoms with Crippen LogP contribution >= 0.6 is 0 Å². The van der Waals surface area contributed by atoms with Gasteiger partial charge in [-0.15, -0.1) is 0 Å². The first-order valence-corrected chi connectivity index (χ1v) is 26.7. The van der Waals surface area contributed by atoms with E-state index in [2.05, 4.69) is 104 Å². The molecule has 5 nitrogen and oxygen atoms in total. The number of hydrogen-bond acceptors (Lipinski definition) is 4. The van der Waals surface area contributed by atoms with Gasteiger partial charge < -0.3 is 9.64 Å². The van der Waals surface area contributed by atoms with Gasteiger partial charge in [0.05, 0.1) is 5.92 Å². The van der Waals surface area contributed by atoms with E-state index < -0.39 is 0 Å². The molecule has 0 radical (unpaired) electrons. The van der Waals surface area contributed by atoms with Crippen LogP contribution in [0.5, 0.6) is 0 Å². The number of esters is 1. The number of amides is 1. The van der Waals surface area contributed by atoms with Crippen molar-refractivity contribution in [3.8, 4) is 0 Å². The van der Waals surface area contributed by atoms with Crippen molar-refractivity contribution in [2.75, 3.05) is 13.1 Å². The van der Waals surface area contributed by atoms with E-state index in [4.69, 9.17) is 4.74 Å². The Balaban J connectivity index is 0.849. The highest BCUT2D eigenvalue weighted by Gasteiger charge is 2.74. The molecule has 9 fully saturated rings. The fourth-order valence-electron chi connectivity index (χ4n) is 19.0. The number of carbonyl (C=O) groups is 3. The molecule has 0 spiro atoms. The molecule has 10 rings (SSSR count). The Labute approximate surface area is 383 Å². The molecular weight excluding hydrogens is 775 g/mol. The molecule has 0 unspecified atom stereocenters. The van der Waals surface area contributed by atoms with Gasteiger partial charge in [0.1, 0.15) is 11.9 Å². The van der Waals surface area contributed by atoms with Gasteiger partial charge in [0.15, 0.2) is 0 Å². The summed E-state index contributed by atoms with van der Waals surface area (Å²) in [5.74, 6) is 4.85. The second kappa shape index (κ2) is 14.9. The lowest BCUT2D eigenvalue weighted by atomic mass is 9.32. The molecule has 348 valence electrons. The summed E-state index contributed by atoms with van der Waals surface area (Å²) in [6.07, 6.45) is 21.5. The zero-order chi connectivity index (χ0) is 44.8. The molecule has 14 atom stereocenters. The molecule has 8 saturated carbocycles. The quantitative estimate of drug-likeness (QED) is 0.232. The van der Waals surface area contributed by atoms with Gasteiger partial charge >= 0.3 is 5.97 Å². The molecular formula is C58H87NO4. The predicted molar refractivity (Wildman–Crippen MR) is 252 cm³/mol. The highest BCUT2D eigenvalue weighted by Crippen LogP contribution is 2.79. The highest BCUT2D eigenvalue weighted by molar-refractivity contribution is 5.87. The number of benzene rings is 1. The molecule has 1 saturated heterocycles. The van der Waals surface area contributed by atoms with Crippen LogP contribution in [0.15, 0.2) is 30.3 Å². The SMILES string of the molecule is CC1([C@@H]2CC[C@]3(C(=O)C[C@@H]4C[C@H](C(=O)N5CCCCC5)C4(C)C)CC[C@]4(C)[C@H](CC[C@@H]5[C@@]6(C)CC[C@H](OC(=O)[C@H]7C[C@@H](Cc8ccccc8)C7(C)C)C(C)(C)[C@@H]6CC[C@]54C)[C@@H]23)CC1. The van der Waals surface area contributed by atoms with Gasteiger partial charge in [-0.25, -0.2) is 0 Å². The summed E-state index contributed by atoms with van der Waals surface area (Å²) >= 11 is 0. The fourth-order valence-corrected chi connectivity index (χ4v) is 19.0. The van der Waals surface area contributed by atoms with Crippen LogP contribution in [0, 0.1) is 96.6 Å². The first-order chi connectivity index (χ1) is 29.6. The van der Waals surface area contributed by atoms with E-state index in [1.807, 2.05) is 0 Å². The summed E-state index contributed by atoms with van der Waals surface area (Å²) in [5.41, 5.74) is 2.03. The smallest absolute Gasteiger partial charge is 0.309 e. The number of piperidine rings is 1. The third-order valence-electron chi connectivity index (χ3n) is 24.1. The van der Waals surface area contributed by atoms with Gasteiger partial charge in [-0.3, -0.25) is 14.4 Å². The maximum atomic E-state index is 15.4. The number of hydrogen-bond donors (Lipinski definition) is 0. The molecule has 0 N–H and O–H groups in total. The van der Waals surface area contributed by atoms with E-state index in [9.17, 15) is 9.59 Å². The normalized spacial score (nSPS) is 46.1. The molecule has 8 aliphatic carbocycles. The molecule has 63 heavy (non-hydrogen) atoms. The number of fused-ring (bicyclic) bond motifs is 7. The Hall–Kier alpha value is -2.17. The van der Waals surface area contributed by atoms with Crippen LogP contribution in [0.2, 0.25) is 0 Å². The number of carbonyl (C=O) groups excluding carboxylic acids is 3. The van der Waals surface area contributed by atoms with E-state index in [1.54, 1.807) is 0 Å². The summed E-state index contributed by atoms with van der Waals surface area (Å²) < 4.78 is 6.74. The number of likely N-dealkylation sites (tertiary alicyclic amines) is 1. The zero-order valence-electron chi connectivity index (χ0n) is 41.6. The largest absolute Gasteiger partial charge is 0.462 e. The number of Topliss-reactive ketones (excluding diaryl/α,β-unsaturated/α-hetero) is 1. The van der Waals surface area contributed by atoms with Crippen LogP contribution in [0.3, 0.4) is 0 Å². The van der Waals surface area contributed by atoms with Crippen LogP contribution in [-0.2, 0) is 25.5 Å². The Morgan fingerprint density at radius 3 is 1.97 bits per heavy atom. The predicted octanol–water partition coefficient (Wildman–Crippen LogP) is 13.3. The van der Waals surface area contributed by atoms with Crippen LogP contribution in [0.1, 0.15) is 190 Å². The number of ether oxygens (including phenoxy) is 1. The van der Waals surface area contributed by atoms with Gasteiger partial charge in [-0.1, -0.05) is 99.6 Å². The lowest BCUT2D eigenvalue weighted by Crippen LogP contribution is -2.67. The first kappa shape index (κ1) is 44.7. The second-order valence-corrected chi connectivity index (χ2v) is 27.3. The standard InChI is InChI=1S/C58H87NO4/c1-51(2)39(34-42(51)49(61)59-31-15-12-16-32-59)36-46(60)58-26-21-40(54(7)27-28-54)48(58)41-19-20-45-55(8)24-23-47(53(5,6)44(55)22-25-57(45,10)56(41,9)29-30-58)63-50(62)43-35-38(52(43,3)4)33-37-17-13-11-14-18-37/h11,13-14,17-18,38-45,47-48H,12,15-16,19-36H2,1-10H3/t38-,39+,40-,41-,42-,43-,44+,45-,47+,48-,55+,56-,57-,58-/m1/s1. The minimum atomic E-state index is -0.177. The highest BCUT2D eigenvalue weighted by atomic mass is 16.5. The van der Waals surface area contributed by atoms with Gasteiger partial charge in [0, 0.05) is 36.3 Å². The van der Waals surface area contributed by atoms with E-state index in [0.29, 0.717) is 65.0 Å². The van der Waals surface area contributed by atoms with Crippen molar-refractivity contribution in [3.05, 3.63) is 35.9 Å². The van der Waals surface area contributed by atoms with Crippen LogP contribution in [0.4, 0.5) is 0 Å². The molecule has 0 aromatic heterocycles. The molecule has 1 amide bonds. The van der Waals surface area contributed by atoms with Crippen LogP contribution in [0.25, 0.3) is 0 Å². The molecule has 5 heteroatoms. The minimum absolute atomic E-state index is 0.0198. The van der Waals surface area contributed by atoms with E-state index >= 15 is 4.79 Å². The summed E-state index contributed by atoms with van der Waals surface area (Å²) in [7, 11) is 0. The third-order valence-corrected chi connectivity index (χ3v) is 24.1. The molecule has 1 aromatic carbocycles. The van der Waals surface area contributed by atoms with Crippen LogP contribution in [-0.4, -0.2) is 41.8 Å². The van der Waals surface area contributed by atoms with Crippen molar-refractivity contribution in [3.63, 3.8) is 0 Å². The van der Waals surface area contributed by atoms with Crippen molar-refractivity contribution in [1.82, 2.24) is 4.90 Å². The Morgan fingerprint density at radius 2 is 1.30 bits per heavy atom. The van der Waals surface area contributed by atoms with Gasteiger partial charge in [-0.2, -0.15) is 0 Å². The van der Waals surface area contributed by atoms with Crippen molar-refractivity contribution in [2.45, 2.75) is 197 Å². The van der Waals surface area contributed by atoms with Gasteiger partial charge in [0.2, 0.25) is 5.91 Å². The Kier molecular flexibility index (Phi) is 10.6. The van der Waals surface area contributed by atoms with E-state index in [1.165, 1.54) is 63.4 Å². The molecule has 0 bridgehead atoms. The molecule has 1 aromatic rings. The van der Waals surface area contributed by atoms with Crippen LogP contribution < -0.4 is 0 Å². The summed E-state index contributed by atoms with van der Waals surface area (Å²) in [6.45, 7) is 26.7. The molecule has 9 aliphatic rings. The third kappa shape index (κ3) is 6.47. The van der Waals surface area contributed by atoms with Gasteiger partial charge in [-0.05, 0) is 195 Å². The maximum Gasteiger partial charge on any atom is 0.309 e. The van der Waals surface area contributed by atoms with Gasteiger partial charge in [0.25, 0.3) is 0 Å². The number of ketones is 1. The van der Waals surface area contributed by atoms with Crippen molar-refractivity contribution < 1.29 is 19.1 Å². The van der Waals surface area contributed by atoms with E-state index in [0.717, 1.165) is 70.9 Å². The maximum absolute atomic E-state index is 15.4. The van der Waals surface area contributed by atoms with E-state index in [-0.39, 0.29) is 61.8 Å². The number of nitrogens with zero attached hydrogens (tertiary/aromatic N) is 1. The lowest BCUT2D eigenvalue weighted by molar-refractivity contribution is -0.252. The Morgan fingerprint density at radius 1 is 0.619 bits per heavy atom. The second-order valence-electron chi connectivity index (χ2n) is 27.3. The molecule has 1 aliphatic heterocycles. The average Bonchev–Trinajstić information content (AvgIpc) is 3.86. The topological polar surface area (TPSA) is 63.7 Å². The number of rotatable bonds is 9. The fraction of sp³-hybridized carbons (Fsp3) is 0.845. The summed E-state index contributed by atoms with van der Waals surface area (Å²) in [4.78, 5) is 45.4. The lowest BCUT2D eigenvalue weighted by Gasteiger charge is -2.73. The average molecular weight is 862 g/mol. The summed E-state index contributed by atoms with van der Waals surface area (Å²) in [5, 5.41) is 0. The zero-order valence-corrected chi connectivity index (χ0v) is 41.6. The Bertz CT molecular complexity index is 1960. The summed E-state index contributed by atoms with van der Waals surface area (Å²) in [6, 6.07) is 10.8. The van der Waals surface area contributed by atoms with Crippen molar-refractivity contribution in [1.29, 1.82) is 0 Å². The van der Waals surface area contributed by atoms with Crippen molar-refractivity contribution >= 4 is 17.7 Å². The molecule has 1 heterocycles.